The Kier molecular flexibility index (Phi) is 5.79. The summed E-state index contributed by atoms with van der Waals surface area (Å²) in [5.74, 6) is 1.36. The molecule has 5 aromatic rings. The molecule has 7 heteroatoms. The van der Waals surface area contributed by atoms with E-state index in [9.17, 15) is 4.79 Å². The standard InChI is InChI=1S/C26H22N4O2S/c1-3-18-8-4-7-11-22(18)30-25(31)20-9-5-6-10-21(20)27-26(30)33-16-23-28-29-24(32-23)19-14-12-17(2)13-15-19/h4-15H,3,16H2,1-2H3. The van der Waals surface area contributed by atoms with E-state index in [1.165, 1.54) is 17.3 Å². The SMILES string of the molecule is CCc1ccccc1-n1c(SCc2nnc(-c3ccc(C)cc3)o2)nc2ccccc2c1=O. The Bertz CT molecular complexity index is 1490. The zero-order valence-corrected chi connectivity index (χ0v) is 19.2. The molecule has 164 valence electrons. The number of para-hydroxylation sites is 2. The summed E-state index contributed by atoms with van der Waals surface area (Å²) in [5.41, 5.74) is 4.55. The second-order valence-corrected chi connectivity index (χ2v) is 8.63. The van der Waals surface area contributed by atoms with Crippen LogP contribution in [0.2, 0.25) is 0 Å². The van der Waals surface area contributed by atoms with Gasteiger partial charge in [-0.3, -0.25) is 9.36 Å². The molecule has 0 fully saturated rings. The fraction of sp³-hybridized carbons (Fsp3) is 0.154. The molecule has 0 spiro atoms. The number of thioether (sulfide) groups is 1. The van der Waals surface area contributed by atoms with E-state index in [1.807, 2.05) is 79.7 Å². The van der Waals surface area contributed by atoms with Crippen LogP contribution in [0.15, 0.2) is 87.2 Å². The third-order valence-corrected chi connectivity index (χ3v) is 6.37. The number of rotatable bonds is 6. The summed E-state index contributed by atoms with van der Waals surface area (Å²) in [5, 5.41) is 9.57. The van der Waals surface area contributed by atoms with Crippen LogP contribution < -0.4 is 5.56 Å². The van der Waals surface area contributed by atoms with Crippen molar-refractivity contribution in [1.82, 2.24) is 19.7 Å². The van der Waals surface area contributed by atoms with Crippen molar-refractivity contribution in [3.63, 3.8) is 0 Å². The van der Waals surface area contributed by atoms with E-state index < -0.39 is 0 Å². The van der Waals surface area contributed by atoms with Gasteiger partial charge in [0.15, 0.2) is 5.16 Å². The minimum Gasteiger partial charge on any atom is -0.420 e. The minimum absolute atomic E-state index is 0.0881. The second kappa shape index (κ2) is 9.03. The molecule has 0 saturated carbocycles. The maximum atomic E-state index is 13.5. The molecule has 0 aliphatic rings. The molecule has 6 nitrogen and oxygen atoms in total. The third-order valence-electron chi connectivity index (χ3n) is 5.45. The Morgan fingerprint density at radius 1 is 0.939 bits per heavy atom. The molecule has 0 aliphatic carbocycles. The lowest BCUT2D eigenvalue weighted by molar-refractivity contribution is 0.528. The Labute approximate surface area is 195 Å². The van der Waals surface area contributed by atoms with E-state index >= 15 is 0 Å². The lowest BCUT2D eigenvalue weighted by Gasteiger charge is -2.15. The topological polar surface area (TPSA) is 73.8 Å². The highest BCUT2D eigenvalue weighted by molar-refractivity contribution is 7.98. The molecule has 0 unspecified atom stereocenters. The molecule has 0 bridgehead atoms. The van der Waals surface area contributed by atoms with Crippen LogP contribution in [0, 0.1) is 6.92 Å². The summed E-state index contributed by atoms with van der Waals surface area (Å²) in [6.07, 6.45) is 0.809. The number of fused-ring (bicyclic) bond motifs is 1. The van der Waals surface area contributed by atoms with Crippen molar-refractivity contribution in [2.75, 3.05) is 0 Å². The third kappa shape index (κ3) is 4.19. The smallest absolute Gasteiger partial charge is 0.266 e. The van der Waals surface area contributed by atoms with Crippen LogP contribution in [0.5, 0.6) is 0 Å². The molecular formula is C26H22N4O2S. The summed E-state index contributed by atoms with van der Waals surface area (Å²) in [7, 11) is 0. The summed E-state index contributed by atoms with van der Waals surface area (Å²) in [6.45, 7) is 4.11. The van der Waals surface area contributed by atoms with Crippen LogP contribution in [0.4, 0.5) is 0 Å². The lowest BCUT2D eigenvalue weighted by atomic mass is 10.1. The number of aryl methyl sites for hydroxylation is 2. The second-order valence-electron chi connectivity index (χ2n) is 7.69. The van der Waals surface area contributed by atoms with E-state index in [0.29, 0.717) is 33.6 Å². The van der Waals surface area contributed by atoms with E-state index in [2.05, 4.69) is 17.1 Å². The average Bonchev–Trinajstić information content (AvgIpc) is 3.32. The van der Waals surface area contributed by atoms with Gasteiger partial charge in [-0.05, 0) is 49.2 Å². The van der Waals surface area contributed by atoms with E-state index in [1.54, 1.807) is 4.57 Å². The van der Waals surface area contributed by atoms with Gasteiger partial charge in [-0.1, -0.05) is 66.7 Å². The molecule has 0 N–H and O–H groups in total. The predicted molar refractivity (Wildman–Crippen MR) is 131 cm³/mol. The first-order valence-corrected chi connectivity index (χ1v) is 11.7. The van der Waals surface area contributed by atoms with Crippen LogP contribution in [0.3, 0.4) is 0 Å². The van der Waals surface area contributed by atoms with E-state index in [-0.39, 0.29) is 5.56 Å². The van der Waals surface area contributed by atoms with Gasteiger partial charge in [-0.15, -0.1) is 10.2 Å². The monoisotopic (exact) mass is 454 g/mol. The van der Waals surface area contributed by atoms with Gasteiger partial charge < -0.3 is 4.42 Å². The predicted octanol–water partition coefficient (Wildman–Crippen LogP) is 5.60. The molecular weight excluding hydrogens is 432 g/mol. The van der Waals surface area contributed by atoms with Crippen molar-refractivity contribution >= 4 is 22.7 Å². The number of nitrogens with zero attached hydrogens (tertiary/aromatic N) is 4. The van der Waals surface area contributed by atoms with Crippen LogP contribution in [0.1, 0.15) is 23.9 Å². The minimum atomic E-state index is -0.0881. The summed E-state index contributed by atoms with van der Waals surface area (Å²) < 4.78 is 7.58. The Morgan fingerprint density at radius 2 is 1.70 bits per heavy atom. The molecule has 5 rings (SSSR count). The van der Waals surface area contributed by atoms with Gasteiger partial charge >= 0.3 is 0 Å². The molecule has 0 atom stereocenters. The molecule has 0 radical (unpaired) electrons. The Balaban J connectivity index is 1.53. The van der Waals surface area contributed by atoms with Crippen molar-refractivity contribution in [3.8, 4) is 17.1 Å². The molecule has 0 aliphatic heterocycles. The molecule has 0 saturated heterocycles. The lowest BCUT2D eigenvalue weighted by Crippen LogP contribution is -2.22. The van der Waals surface area contributed by atoms with E-state index in [4.69, 9.17) is 9.40 Å². The number of hydrogen-bond donors (Lipinski definition) is 0. The van der Waals surface area contributed by atoms with Crippen molar-refractivity contribution in [2.24, 2.45) is 0 Å². The van der Waals surface area contributed by atoms with E-state index in [0.717, 1.165) is 23.2 Å². The Morgan fingerprint density at radius 3 is 2.52 bits per heavy atom. The summed E-state index contributed by atoms with van der Waals surface area (Å²) >= 11 is 1.41. The maximum absolute atomic E-state index is 13.5. The number of aromatic nitrogens is 4. The van der Waals surface area contributed by atoms with Gasteiger partial charge in [0.05, 0.1) is 22.3 Å². The van der Waals surface area contributed by atoms with Gasteiger partial charge in [-0.25, -0.2) is 4.98 Å². The van der Waals surface area contributed by atoms with Gasteiger partial charge in [0.2, 0.25) is 11.8 Å². The summed E-state index contributed by atoms with van der Waals surface area (Å²) in [6, 6.07) is 23.3. The molecule has 0 amide bonds. The number of benzene rings is 3. The summed E-state index contributed by atoms with van der Waals surface area (Å²) in [4.78, 5) is 18.3. The first-order chi connectivity index (χ1) is 16.1. The highest BCUT2D eigenvalue weighted by atomic mass is 32.2. The zero-order valence-electron chi connectivity index (χ0n) is 18.4. The average molecular weight is 455 g/mol. The molecule has 2 heterocycles. The fourth-order valence-corrected chi connectivity index (χ4v) is 4.54. The van der Waals surface area contributed by atoms with Crippen LogP contribution in [0.25, 0.3) is 28.0 Å². The van der Waals surface area contributed by atoms with Gasteiger partial charge in [0.25, 0.3) is 5.56 Å². The largest absolute Gasteiger partial charge is 0.420 e. The fourth-order valence-electron chi connectivity index (χ4n) is 3.70. The molecule has 2 aromatic heterocycles. The van der Waals surface area contributed by atoms with Gasteiger partial charge in [0.1, 0.15) is 0 Å². The van der Waals surface area contributed by atoms with Crippen molar-refractivity contribution in [2.45, 2.75) is 31.2 Å². The van der Waals surface area contributed by atoms with Crippen LogP contribution >= 0.6 is 11.8 Å². The molecule has 3 aromatic carbocycles. The van der Waals surface area contributed by atoms with Crippen molar-refractivity contribution < 1.29 is 4.42 Å². The molecule has 33 heavy (non-hydrogen) atoms. The first kappa shape index (κ1) is 21.2. The number of hydrogen-bond acceptors (Lipinski definition) is 6. The quantitative estimate of drug-likeness (QED) is 0.246. The van der Waals surface area contributed by atoms with Gasteiger partial charge in [-0.2, -0.15) is 0 Å². The van der Waals surface area contributed by atoms with Crippen LogP contribution in [-0.4, -0.2) is 19.7 Å². The zero-order chi connectivity index (χ0) is 22.8. The normalized spacial score (nSPS) is 11.2. The van der Waals surface area contributed by atoms with Crippen molar-refractivity contribution in [1.29, 1.82) is 0 Å². The highest BCUT2D eigenvalue weighted by Gasteiger charge is 2.17. The maximum Gasteiger partial charge on any atom is 0.266 e. The Hall–Kier alpha value is -3.71. The first-order valence-electron chi connectivity index (χ1n) is 10.8. The van der Waals surface area contributed by atoms with Gasteiger partial charge in [0, 0.05) is 5.56 Å². The van der Waals surface area contributed by atoms with Crippen molar-refractivity contribution in [3.05, 3.63) is 100 Å². The van der Waals surface area contributed by atoms with Crippen LogP contribution in [-0.2, 0) is 12.2 Å². The highest BCUT2D eigenvalue weighted by Crippen LogP contribution is 2.27.